The average Bonchev–Trinajstić information content (AvgIpc) is 3.38. The van der Waals surface area contributed by atoms with Gasteiger partial charge < -0.3 is 20.5 Å². The molecule has 1 aliphatic carbocycles. The van der Waals surface area contributed by atoms with Crippen molar-refractivity contribution in [3.05, 3.63) is 54.1 Å². The highest BCUT2D eigenvalue weighted by Crippen LogP contribution is 2.43. The quantitative estimate of drug-likeness (QED) is 0.424. The molecule has 4 rings (SSSR count). The number of guanidine groups is 1. The highest BCUT2D eigenvalue weighted by atomic mass is 127. The number of benzene rings is 2. The smallest absolute Gasteiger partial charge is 0.193 e. The Balaban J connectivity index is 0.00000182. The van der Waals surface area contributed by atoms with Crippen molar-refractivity contribution in [3.8, 4) is 11.5 Å². The van der Waals surface area contributed by atoms with Gasteiger partial charge in [-0.05, 0) is 24.1 Å². The Morgan fingerprint density at radius 2 is 1.80 bits per heavy atom. The SMILES string of the molecule is I.NC(=NC1CC1c1ccccc1)Nc1ccc2c(c1)OCCCO2. The number of hydrogen-bond donors (Lipinski definition) is 2. The van der Waals surface area contributed by atoms with E-state index in [2.05, 4.69) is 34.6 Å². The number of hydrogen-bond acceptors (Lipinski definition) is 3. The van der Waals surface area contributed by atoms with Crippen LogP contribution in [-0.2, 0) is 0 Å². The molecule has 0 spiro atoms. The second-order valence-electron chi connectivity index (χ2n) is 6.17. The molecule has 5 nitrogen and oxygen atoms in total. The van der Waals surface area contributed by atoms with Gasteiger partial charge in [-0.2, -0.15) is 0 Å². The molecular formula is C19H22IN3O2. The minimum atomic E-state index is 0. The molecule has 1 saturated carbocycles. The predicted octanol–water partition coefficient (Wildman–Crippen LogP) is 3.75. The van der Waals surface area contributed by atoms with Crippen LogP contribution < -0.4 is 20.5 Å². The first-order chi connectivity index (χ1) is 11.8. The van der Waals surface area contributed by atoms with E-state index >= 15 is 0 Å². The fourth-order valence-electron chi connectivity index (χ4n) is 2.98. The Kier molecular flexibility index (Phi) is 5.67. The van der Waals surface area contributed by atoms with Crippen LogP contribution in [0.1, 0.15) is 24.3 Å². The fraction of sp³-hybridized carbons (Fsp3) is 0.316. The van der Waals surface area contributed by atoms with Gasteiger partial charge in [-0.3, -0.25) is 0 Å². The highest BCUT2D eigenvalue weighted by molar-refractivity contribution is 14.0. The third-order valence-corrected chi connectivity index (χ3v) is 4.31. The Hall–Kier alpha value is -1.96. The molecule has 1 fully saturated rings. The van der Waals surface area contributed by atoms with Crippen LogP contribution in [0.25, 0.3) is 0 Å². The first-order valence-corrected chi connectivity index (χ1v) is 8.34. The monoisotopic (exact) mass is 451 g/mol. The Morgan fingerprint density at radius 3 is 2.60 bits per heavy atom. The van der Waals surface area contributed by atoms with E-state index in [1.807, 2.05) is 24.3 Å². The van der Waals surface area contributed by atoms with Crippen molar-refractivity contribution in [2.75, 3.05) is 18.5 Å². The number of ether oxygens (including phenoxy) is 2. The van der Waals surface area contributed by atoms with Gasteiger partial charge in [-0.1, -0.05) is 30.3 Å². The lowest BCUT2D eigenvalue weighted by Crippen LogP contribution is -2.23. The molecular weight excluding hydrogens is 429 g/mol. The normalized spacial score (nSPS) is 21.7. The maximum Gasteiger partial charge on any atom is 0.193 e. The van der Waals surface area contributed by atoms with Crippen molar-refractivity contribution in [2.24, 2.45) is 10.7 Å². The molecule has 6 heteroatoms. The fourth-order valence-corrected chi connectivity index (χ4v) is 2.98. The second kappa shape index (κ2) is 7.95. The van der Waals surface area contributed by atoms with Gasteiger partial charge in [0.1, 0.15) is 0 Å². The Morgan fingerprint density at radius 1 is 1.04 bits per heavy atom. The van der Waals surface area contributed by atoms with Crippen LogP contribution in [-0.4, -0.2) is 25.2 Å². The minimum Gasteiger partial charge on any atom is -0.490 e. The molecule has 2 aromatic carbocycles. The van der Waals surface area contributed by atoms with Gasteiger partial charge in [-0.25, -0.2) is 4.99 Å². The number of halogens is 1. The summed E-state index contributed by atoms with van der Waals surface area (Å²) in [7, 11) is 0. The van der Waals surface area contributed by atoms with Crippen LogP contribution in [0.2, 0.25) is 0 Å². The van der Waals surface area contributed by atoms with Crippen molar-refractivity contribution in [1.29, 1.82) is 0 Å². The number of rotatable bonds is 3. The maximum absolute atomic E-state index is 6.06. The van der Waals surface area contributed by atoms with Gasteiger partial charge in [-0.15, -0.1) is 24.0 Å². The van der Waals surface area contributed by atoms with Gasteiger partial charge in [0.05, 0.1) is 19.3 Å². The molecule has 0 amide bonds. The lowest BCUT2D eigenvalue weighted by molar-refractivity contribution is 0.297. The lowest BCUT2D eigenvalue weighted by Gasteiger charge is -2.10. The molecule has 2 atom stereocenters. The van der Waals surface area contributed by atoms with Gasteiger partial charge in [0, 0.05) is 24.1 Å². The molecule has 132 valence electrons. The summed E-state index contributed by atoms with van der Waals surface area (Å²) in [6, 6.07) is 16.5. The summed E-state index contributed by atoms with van der Waals surface area (Å²) >= 11 is 0. The zero-order valence-corrected chi connectivity index (χ0v) is 16.2. The molecule has 2 aromatic rings. The van der Waals surface area contributed by atoms with E-state index in [9.17, 15) is 0 Å². The zero-order valence-electron chi connectivity index (χ0n) is 13.9. The molecule has 0 aromatic heterocycles. The van der Waals surface area contributed by atoms with E-state index in [1.54, 1.807) is 0 Å². The average molecular weight is 451 g/mol. The number of anilines is 1. The summed E-state index contributed by atoms with van der Waals surface area (Å²) in [5.41, 5.74) is 8.25. The summed E-state index contributed by atoms with van der Waals surface area (Å²) in [6.45, 7) is 1.35. The minimum absolute atomic E-state index is 0. The van der Waals surface area contributed by atoms with Gasteiger partial charge in [0.2, 0.25) is 0 Å². The summed E-state index contributed by atoms with van der Waals surface area (Å²) in [6.07, 6.45) is 1.94. The van der Waals surface area contributed by atoms with E-state index in [1.165, 1.54) is 5.56 Å². The molecule has 1 heterocycles. The van der Waals surface area contributed by atoms with Crippen molar-refractivity contribution in [2.45, 2.75) is 24.8 Å². The van der Waals surface area contributed by atoms with Crippen LogP contribution in [0.15, 0.2) is 53.5 Å². The molecule has 2 aliphatic rings. The summed E-state index contributed by atoms with van der Waals surface area (Å²) in [4.78, 5) is 4.58. The number of nitrogens with two attached hydrogens (primary N) is 1. The summed E-state index contributed by atoms with van der Waals surface area (Å²) in [5, 5.41) is 3.15. The molecule has 0 bridgehead atoms. The molecule has 2 unspecified atom stereocenters. The summed E-state index contributed by atoms with van der Waals surface area (Å²) in [5.74, 6) is 2.45. The van der Waals surface area contributed by atoms with E-state index in [-0.39, 0.29) is 30.0 Å². The topological polar surface area (TPSA) is 68.9 Å². The maximum atomic E-state index is 6.06. The summed E-state index contributed by atoms with van der Waals surface area (Å²) < 4.78 is 11.3. The standard InChI is InChI=1S/C19H21N3O2.HI/c20-19(22-16-12-15(16)13-5-2-1-3-6-13)21-14-7-8-17-18(11-14)24-10-4-9-23-17;/h1-3,5-8,11,15-16H,4,9-10,12H2,(H3,20,21,22);1H. The Bertz CT molecular complexity index is 752. The third kappa shape index (κ3) is 4.36. The van der Waals surface area contributed by atoms with Crippen LogP contribution in [0.4, 0.5) is 5.69 Å². The zero-order chi connectivity index (χ0) is 16.4. The first-order valence-electron chi connectivity index (χ1n) is 8.34. The van der Waals surface area contributed by atoms with Crippen LogP contribution in [0.5, 0.6) is 11.5 Å². The van der Waals surface area contributed by atoms with E-state index < -0.39 is 0 Å². The van der Waals surface area contributed by atoms with Crippen molar-refractivity contribution in [3.63, 3.8) is 0 Å². The van der Waals surface area contributed by atoms with E-state index in [0.717, 1.165) is 30.0 Å². The van der Waals surface area contributed by atoms with Crippen molar-refractivity contribution in [1.82, 2.24) is 0 Å². The number of aliphatic imine (C=N–C) groups is 1. The third-order valence-electron chi connectivity index (χ3n) is 4.31. The van der Waals surface area contributed by atoms with Gasteiger partial charge in [0.15, 0.2) is 17.5 Å². The van der Waals surface area contributed by atoms with E-state index in [0.29, 0.717) is 25.1 Å². The first kappa shape index (κ1) is 17.8. The van der Waals surface area contributed by atoms with E-state index in [4.69, 9.17) is 15.2 Å². The van der Waals surface area contributed by atoms with Crippen LogP contribution in [0, 0.1) is 0 Å². The number of nitrogens with zero attached hydrogens (tertiary/aromatic N) is 1. The van der Waals surface area contributed by atoms with Crippen LogP contribution in [0.3, 0.4) is 0 Å². The number of fused-ring (bicyclic) bond motifs is 1. The molecule has 1 aliphatic heterocycles. The Labute approximate surface area is 164 Å². The van der Waals surface area contributed by atoms with Crippen molar-refractivity contribution < 1.29 is 9.47 Å². The number of nitrogens with one attached hydrogen (secondary N) is 1. The highest BCUT2D eigenvalue weighted by Gasteiger charge is 2.38. The molecule has 25 heavy (non-hydrogen) atoms. The largest absolute Gasteiger partial charge is 0.490 e. The molecule has 0 radical (unpaired) electrons. The molecule has 0 saturated heterocycles. The predicted molar refractivity (Wildman–Crippen MR) is 110 cm³/mol. The lowest BCUT2D eigenvalue weighted by atomic mass is 10.1. The molecule has 3 N–H and O–H groups in total. The van der Waals surface area contributed by atoms with Gasteiger partial charge >= 0.3 is 0 Å². The van der Waals surface area contributed by atoms with Gasteiger partial charge in [0.25, 0.3) is 0 Å². The van der Waals surface area contributed by atoms with Crippen LogP contribution >= 0.6 is 24.0 Å². The second-order valence-corrected chi connectivity index (χ2v) is 6.17. The van der Waals surface area contributed by atoms with Crippen molar-refractivity contribution >= 4 is 35.6 Å².